The molecule has 0 aliphatic carbocycles. The number of carbonyl (C=O) groups excluding carboxylic acids is 2. The van der Waals surface area contributed by atoms with E-state index < -0.39 is 6.04 Å². The Bertz CT molecular complexity index is 576. The van der Waals surface area contributed by atoms with E-state index in [0.29, 0.717) is 22.4 Å². The molecule has 1 aromatic carbocycles. The largest absolute Gasteiger partial charge is 0.340 e. The zero-order chi connectivity index (χ0) is 17.9. The summed E-state index contributed by atoms with van der Waals surface area (Å²) in [4.78, 5) is 27.3. The van der Waals surface area contributed by atoms with E-state index in [4.69, 9.17) is 11.6 Å². The van der Waals surface area contributed by atoms with Crippen LogP contribution in [-0.2, 0) is 4.79 Å². The number of hydrogen-bond acceptors (Lipinski definition) is 2. The number of amides is 2. The summed E-state index contributed by atoms with van der Waals surface area (Å²) in [5.41, 5.74) is 0.512. The molecule has 1 aromatic rings. The first-order valence-corrected chi connectivity index (χ1v) is 9.01. The van der Waals surface area contributed by atoms with Crippen LogP contribution < -0.4 is 5.32 Å². The Labute approximate surface area is 149 Å². The fraction of sp³-hybridized carbons (Fsp3) is 0.579. The molecule has 1 aliphatic heterocycles. The van der Waals surface area contributed by atoms with Gasteiger partial charge in [-0.05, 0) is 48.4 Å². The van der Waals surface area contributed by atoms with E-state index in [1.54, 1.807) is 24.3 Å². The van der Waals surface area contributed by atoms with Crippen molar-refractivity contribution in [3.8, 4) is 0 Å². The van der Waals surface area contributed by atoms with Crippen LogP contribution in [0.25, 0.3) is 0 Å². The van der Waals surface area contributed by atoms with Crippen LogP contribution in [0.15, 0.2) is 24.3 Å². The van der Waals surface area contributed by atoms with Gasteiger partial charge in [-0.3, -0.25) is 9.59 Å². The van der Waals surface area contributed by atoms with Gasteiger partial charge in [0.15, 0.2) is 0 Å². The molecule has 2 unspecified atom stereocenters. The van der Waals surface area contributed by atoms with Crippen LogP contribution in [0.3, 0.4) is 0 Å². The molecule has 5 heteroatoms. The molecule has 1 fully saturated rings. The number of hydrogen-bond donors (Lipinski definition) is 1. The summed E-state index contributed by atoms with van der Waals surface area (Å²) in [6.07, 6.45) is 1.15. The van der Waals surface area contributed by atoms with E-state index in [9.17, 15) is 9.59 Å². The van der Waals surface area contributed by atoms with Gasteiger partial charge in [0.2, 0.25) is 5.91 Å². The van der Waals surface area contributed by atoms with Gasteiger partial charge in [-0.2, -0.15) is 0 Å². The standard InChI is InChI=1S/C19H27ClN2O2/c1-12(2)17(19(24)22-10-13(3)9-14(4)11-22)21-18(23)15-5-7-16(20)8-6-15/h5-8,12-14,17H,9-11H2,1-4H3,(H,21,23)/t13?,14?,17-/m0/s1. The quantitative estimate of drug-likeness (QED) is 0.902. The van der Waals surface area contributed by atoms with Crippen molar-refractivity contribution in [3.05, 3.63) is 34.9 Å². The molecular weight excluding hydrogens is 324 g/mol. The van der Waals surface area contributed by atoms with Gasteiger partial charge in [-0.15, -0.1) is 0 Å². The van der Waals surface area contributed by atoms with Gasteiger partial charge >= 0.3 is 0 Å². The lowest BCUT2D eigenvalue weighted by molar-refractivity contribution is -0.137. The van der Waals surface area contributed by atoms with Crippen LogP contribution in [0.4, 0.5) is 0 Å². The third-order valence-electron chi connectivity index (χ3n) is 4.51. The molecule has 0 spiro atoms. The highest BCUT2D eigenvalue weighted by Crippen LogP contribution is 2.22. The zero-order valence-electron chi connectivity index (χ0n) is 14.9. The van der Waals surface area contributed by atoms with Crippen LogP contribution in [0.5, 0.6) is 0 Å². The van der Waals surface area contributed by atoms with Crippen molar-refractivity contribution >= 4 is 23.4 Å². The van der Waals surface area contributed by atoms with Crippen molar-refractivity contribution in [1.82, 2.24) is 10.2 Å². The van der Waals surface area contributed by atoms with Gasteiger partial charge in [0.05, 0.1) is 0 Å². The number of nitrogens with zero attached hydrogens (tertiary/aromatic N) is 1. The smallest absolute Gasteiger partial charge is 0.251 e. The normalized spacial score (nSPS) is 22.3. The van der Waals surface area contributed by atoms with Gasteiger partial charge in [-0.1, -0.05) is 39.3 Å². The molecule has 2 rings (SSSR count). The molecule has 0 radical (unpaired) electrons. The molecule has 2 amide bonds. The van der Waals surface area contributed by atoms with E-state index >= 15 is 0 Å². The zero-order valence-corrected chi connectivity index (χ0v) is 15.6. The lowest BCUT2D eigenvalue weighted by Gasteiger charge is -2.37. The highest BCUT2D eigenvalue weighted by atomic mass is 35.5. The first-order chi connectivity index (χ1) is 11.3. The van der Waals surface area contributed by atoms with E-state index in [0.717, 1.165) is 19.5 Å². The predicted molar refractivity (Wildman–Crippen MR) is 97.1 cm³/mol. The summed E-state index contributed by atoms with van der Waals surface area (Å²) in [6, 6.07) is 6.19. The van der Waals surface area contributed by atoms with Crippen LogP contribution in [0.2, 0.25) is 5.02 Å². The topological polar surface area (TPSA) is 49.4 Å². The molecule has 4 nitrogen and oxygen atoms in total. The second-order valence-corrected chi connectivity index (χ2v) is 7.83. The number of halogens is 1. The van der Waals surface area contributed by atoms with Crippen LogP contribution >= 0.6 is 11.6 Å². The molecule has 1 heterocycles. The SMILES string of the molecule is CC1CC(C)CN(C(=O)[C@@H](NC(=O)c2ccc(Cl)cc2)C(C)C)C1. The Kier molecular flexibility index (Phi) is 6.27. The molecule has 0 bridgehead atoms. The maximum atomic E-state index is 12.9. The highest BCUT2D eigenvalue weighted by molar-refractivity contribution is 6.30. The maximum Gasteiger partial charge on any atom is 0.251 e. The van der Waals surface area contributed by atoms with Crippen LogP contribution in [0.1, 0.15) is 44.5 Å². The number of nitrogens with one attached hydrogen (secondary N) is 1. The molecule has 0 saturated carbocycles. The van der Waals surface area contributed by atoms with Crippen LogP contribution in [-0.4, -0.2) is 35.8 Å². The van der Waals surface area contributed by atoms with Gasteiger partial charge in [0.1, 0.15) is 6.04 Å². The van der Waals surface area contributed by atoms with E-state index in [1.807, 2.05) is 18.7 Å². The first kappa shape index (κ1) is 18.8. The lowest BCUT2D eigenvalue weighted by atomic mass is 9.90. The average Bonchev–Trinajstić information content (AvgIpc) is 2.51. The molecule has 1 N–H and O–H groups in total. The van der Waals surface area contributed by atoms with Crippen molar-refractivity contribution < 1.29 is 9.59 Å². The Hall–Kier alpha value is -1.55. The van der Waals surface area contributed by atoms with Crippen molar-refractivity contribution in [2.75, 3.05) is 13.1 Å². The lowest BCUT2D eigenvalue weighted by Crippen LogP contribution is -2.54. The fourth-order valence-corrected chi connectivity index (χ4v) is 3.50. The van der Waals surface area contributed by atoms with Crippen molar-refractivity contribution in [3.63, 3.8) is 0 Å². The molecule has 1 saturated heterocycles. The Balaban J connectivity index is 2.09. The minimum Gasteiger partial charge on any atom is -0.340 e. The summed E-state index contributed by atoms with van der Waals surface area (Å²) < 4.78 is 0. The predicted octanol–water partition coefficient (Wildman–Crippen LogP) is 3.60. The first-order valence-electron chi connectivity index (χ1n) is 8.63. The molecule has 24 heavy (non-hydrogen) atoms. The number of benzene rings is 1. The number of carbonyl (C=O) groups is 2. The molecule has 3 atom stereocenters. The van der Waals surface area contributed by atoms with E-state index in [2.05, 4.69) is 19.2 Å². The van der Waals surface area contributed by atoms with Crippen LogP contribution in [0, 0.1) is 17.8 Å². The van der Waals surface area contributed by atoms with Gasteiger partial charge in [0, 0.05) is 23.7 Å². The fourth-order valence-electron chi connectivity index (χ4n) is 3.38. The minimum absolute atomic E-state index is 0.0192. The van der Waals surface area contributed by atoms with Gasteiger partial charge < -0.3 is 10.2 Å². The van der Waals surface area contributed by atoms with Crippen molar-refractivity contribution in [2.45, 2.75) is 40.2 Å². The number of likely N-dealkylation sites (tertiary alicyclic amines) is 1. The number of piperidine rings is 1. The van der Waals surface area contributed by atoms with Crippen molar-refractivity contribution in [2.24, 2.45) is 17.8 Å². The molecule has 1 aliphatic rings. The second kappa shape index (κ2) is 8.02. The maximum absolute atomic E-state index is 12.9. The summed E-state index contributed by atoms with van der Waals surface area (Å²) in [5, 5.41) is 3.49. The third kappa shape index (κ3) is 4.73. The third-order valence-corrected chi connectivity index (χ3v) is 4.76. The van der Waals surface area contributed by atoms with Crippen molar-refractivity contribution in [1.29, 1.82) is 0 Å². The summed E-state index contributed by atoms with van der Waals surface area (Å²) >= 11 is 5.86. The monoisotopic (exact) mass is 350 g/mol. The van der Waals surface area contributed by atoms with E-state index in [-0.39, 0.29) is 17.7 Å². The Morgan fingerprint density at radius 3 is 2.17 bits per heavy atom. The summed E-state index contributed by atoms with van der Waals surface area (Å²) in [7, 11) is 0. The Morgan fingerprint density at radius 2 is 1.67 bits per heavy atom. The highest BCUT2D eigenvalue weighted by Gasteiger charge is 2.32. The summed E-state index contributed by atoms with van der Waals surface area (Å²) in [5.74, 6) is 0.804. The minimum atomic E-state index is -0.509. The van der Waals surface area contributed by atoms with Gasteiger partial charge in [-0.25, -0.2) is 0 Å². The second-order valence-electron chi connectivity index (χ2n) is 7.39. The molecule has 132 valence electrons. The summed E-state index contributed by atoms with van der Waals surface area (Å²) in [6.45, 7) is 9.80. The van der Waals surface area contributed by atoms with E-state index in [1.165, 1.54) is 0 Å². The average molecular weight is 351 g/mol. The molecule has 0 aromatic heterocycles. The molecular formula is C19H27ClN2O2. The number of rotatable bonds is 4. The van der Waals surface area contributed by atoms with Gasteiger partial charge in [0.25, 0.3) is 5.91 Å². The Morgan fingerprint density at radius 1 is 1.12 bits per heavy atom.